The maximum Gasteiger partial charge on any atom is 0.405 e. The Labute approximate surface area is 139 Å². The summed E-state index contributed by atoms with van der Waals surface area (Å²) >= 11 is 1.45. The molecule has 0 saturated heterocycles. The third-order valence-corrected chi connectivity index (χ3v) is 4.23. The van der Waals surface area contributed by atoms with Gasteiger partial charge < -0.3 is 10.6 Å². The van der Waals surface area contributed by atoms with Gasteiger partial charge in [-0.05, 0) is 13.0 Å². The number of nitrogens with one attached hydrogen (secondary N) is 2. The average molecular weight is 354 g/mol. The van der Waals surface area contributed by atoms with Crippen LogP contribution in [-0.2, 0) is 0 Å². The molecule has 3 heterocycles. The average Bonchev–Trinajstić information content (AvgIpc) is 2.94. The largest absolute Gasteiger partial charge is 0.405 e. The molecule has 0 unspecified atom stereocenters. The van der Waals surface area contributed by atoms with Gasteiger partial charge in [0, 0.05) is 13.2 Å². The number of pyridine rings is 1. The highest BCUT2D eigenvalue weighted by atomic mass is 32.1. The topological polar surface area (TPSA) is 75.6 Å². The lowest BCUT2D eigenvalue weighted by atomic mass is 10.2. The molecule has 3 aromatic heterocycles. The van der Waals surface area contributed by atoms with Gasteiger partial charge in [0.25, 0.3) is 0 Å². The van der Waals surface area contributed by atoms with Crippen molar-refractivity contribution in [3.05, 3.63) is 24.2 Å². The summed E-state index contributed by atoms with van der Waals surface area (Å²) in [6.45, 7) is 0.517. The number of nitrogens with zero attached hydrogens (tertiary/aromatic N) is 4. The molecule has 0 saturated carbocycles. The molecule has 126 valence electrons. The first-order valence-corrected chi connectivity index (χ1v) is 7.77. The summed E-state index contributed by atoms with van der Waals surface area (Å²) < 4.78 is 38.0. The second-order valence-electron chi connectivity index (χ2n) is 4.94. The highest BCUT2D eigenvalue weighted by Gasteiger charge is 2.27. The Morgan fingerprint density at radius 2 is 2.00 bits per heavy atom. The van der Waals surface area contributed by atoms with Crippen LogP contribution in [-0.4, -0.2) is 39.7 Å². The Kier molecular flexibility index (Phi) is 4.22. The van der Waals surface area contributed by atoms with Gasteiger partial charge in [-0.15, -0.1) is 11.3 Å². The number of rotatable bonds is 4. The Balaban J connectivity index is 2.01. The fraction of sp³-hybridized carbons (Fsp3) is 0.286. The predicted octanol–water partition coefficient (Wildman–Crippen LogP) is 3.47. The monoisotopic (exact) mass is 354 g/mol. The predicted molar refractivity (Wildman–Crippen MR) is 87.3 cm³/mol. The van der Waals surface area contributed by atoms with E-state index in [0.717, 1.165) is 10.2 Å². The van der Waals surface area contributed by atoms with Crippen LogP contribution in [0.3, 0.4) is 0 Å². The molecule has 3 aromatic rings. The van der Waals surface area contributed by atoms with Gasteiger partial charge in [0.2, 0.25) is 5.95 Å². The molecule has 0 amide bonds. The molecule has 0 aliphatic heterocycles. The summed E-state index contributed by atoms with van der Waals surface area (Å²) in [5, 5.41) is 5.77. The lowest BCUT2D eigenvalue weighted by Crippen LogP contribution is -2.22. The van der Waals surface area contributed by atoms with Crippen molar-refractivity contribution in [3.8, 4) is 10.6 Å². The quantitative estimate of drug-likeness (QED) is 0.747. The molecule has 0 bridgehead atoms. The zero-order valence-electron chi connectivity index (χ0n) is 12.8. The van der Waals surface area contributed by atoms with Crippen molar-refractivity contribution in [1.29, 1.82) is 0 Å². The molecule has 0 fully saturated rings. The summed E-state index contributed by atoms with van der Waals surface area (Å²) in [6, 6.07) is 1.85. The van der Waals surface area contributed by atoms with Crippen molar-refractivity contribution >= 4 is 33.3 Å². The third-order valence-electron chi connectivity index (χ3n) is 3.18. The smallest absolute Gasteiger partial charge is 0.372 e. The van der Waals surface area contributed by atoms with Gasteiger partial charge in [-0.25, -0.2) is 9.97 Å². The molecule has 0 radical (unpaired) electrons. The van der Waals surface area contributed by atoms with Crippen LogP contribution in [0.1, 0.15) is 5.69 Å². The fourth-order valence-corrected chi connectivity index (χ4v) is 3.19. The highest BCUT2D eigenvalue weighted by molar-refractivity contribution is 7.21. The molecular weight excluding hydrogens is 341 g/mol. The van der Waals surface area contributed by atoms with Gasteiger partial charge in [0.05, 0.1) is 22.2 Å². The third kappa shape index (κ3) is 3.37. The molecule has 0 aromatic carbocycles. The Hall–Kier alpha value is -2.49. The van der Waals surface area contributed by atoms with E-state index < -0.39 is 12.7 Å². The first kappa shape index (κ1) is 16.4. The first-order valence-electron chi connectivity index (χ1n) is 6.95. The standard InChI is InChI=1S/C14H13F3N6S/c1-7-10(12-22-8-5-19-4-3-9(8)24-12)11(18-2)23-13(21-7)20-6-14(15,16)17/h3-5H,6H2,1-2H3,(H2,18,20,21,23). The van der Waals surface area contributed by atoms with Crippen molar-refractivity contribution in [1.82, 2.24) is 19.9 Å². The van der Waals surface area contributed by atoms with Gasteiger partial charge >= 0.3 is 6.18 Å². The minimum atomic E-state index is -4.34. The Bertz CT molecular complexity index is 844. The molecule has 2 N–H and O–H groups in total. The number of alkyl halides is 3. The number of hydrogen-bond acceptors (Lipinski definition) is 7. The molecule has 10 heteroatoms. The summed E-state index contributed by atoms with van der Waals surface area (Å²) in [5.41, 5.74) is 1.94. The van der Waals surface area contributed by atoms with Crippen LogP contribution in [0.2, 0.25) is 0 Å². The van der Waals surface area contributed by atoms with Crippen molar-refractivity contribution in [2.45, 2.75) is 13.1 Å². The first-order chi connectivity index (χ1) is 11.4. The molecule has 0 spiro atoms. The molecule has 6 nitrogen and oxygen atoms in total. The minimum absolute atomic E-state index is 0.0827. The van der Waals surface area contributed by atoms with Crippen LogP contribution >= 0.6 is 11.3 Å². The maximum atomic E-state index is 12.3. The van der Waals surface area contributed by atoms with E-state index in [4.69, 9.17) is 0 Å². The van der Waals surface area contributed by atoms with E-state index in [1.54, 1.807) is 26.4 Å². The lowest BCUT2D eigenvalue weighted by Gasteiger charge is -2.13. The van der Waals surface area contributed by atoms with Crippen LogP contribution in [0.25, 0.3) is 20.8 Å². The van der Waals surface area contributed by atoms with Crippen LogP contribution in [0, 0.1) is 6.92 Å². The number of hydrogen-bond donors (Lipinski definition) is 2. The van der Waals surface area contributed by atoms with E-state index in [1.165, 1.54) is 11.3 Å². The molecule has 0 atom stereocenters. The number of thiazole rings is 1. The Morgan fingerprint density at radius 3 is 2.67 bits per heavy atom. The summed E-state index contributed by atoms with van der Waals surface area (Å²) in [6.07, 6.45) is -1.00. The van der Waals surface area contributed by atoms with Gasteiger partial charge in [-0.3, -0.25) is 4.98 Å². The van der Waals surface area contributed by atoms with E-state index >= 15 is 0 Å². The van der Waals surface area contributed by atoms with Gasteiger partial charge in [-0.1, -0.05) is 0 Å². The van der Waals surface area contributed by atoms with Gasteiger partial charge in [0.15, 0.2) is 0 Å². The van der Waals surface area contributed by atoms with Crippen molar-refractivity contribution < 1.29 is 13.2 Å². The Morgan fingerprint density at radius 1 is 1.21 bits per heavy atom. The zero-order chi connectivity index (χ0) is 17.3. The molecule has 3 rings (SSSR count). The normalized spacial score (nSPS) is 11.7. The number of aryl methyl sites for hydroxylation is 1. The van der Waals surface area contributed by atoms with E-state index in [1.807, 2.05) is 6.07 Å². The second-order valence-corrected chi connectivity index (χ2v) is 5.97. The zero-order valence-corrected chi connectivity index (χ0v) is 13.6. The number of fused-ring (bicyclic) bond motifs is 1. The van der Waals surface area contributed by atoms with Crippen LogP contribution in [0.4, 0.5) is 24.9 Å². The van der Waals surface area contributed by atoms with E-state index in [2.05, 4.69) is 30.6 Å². The molecule has 0 aliphatic carbocycles. The molecular formula is C14H13F3N6S. The number of halogens is 3. The highest BCUT2D eigenvalue weighted by Crippen LogP contribution is 2.35. The van der Waals surface area contributed by atoms with Crippen molar-refractivity contribution in [3.63, 3.8) is 0 Å². The van der Waals surface area contributed by atoms with Crippen molar-refractivity contribution in [2.75, 3.05) is 24.2 Å². The lowest BCUT2D eigenvalue weighted by molar-refractivity contribution is -0.115. The summed E-state index contributed by atoms with van der Waals surface area (Å²) in [5.74, 6) is 0.333. The second kappa shape index (κ2) is 6.19. The van der Waals surface area contributed by atoms with Crippen LogP contribution < -0.4 is 10.6 Å². The molecule has 0 aliphatic rings. The maximum absolute atomic E-state index is 12.3. The summed E-state index contributed by atoms with van der Waals surface area (Å²) in [7, 11) is 1.65. The number of anilines is 2. The van der Waals surface area contributed by atoms with E-state index in [-0.39, 0.29) is 5.95 Å². The summed E-state index contributed by atoms with van der Waals surface area (Å²) in [4.78, 5) is 16.8. The van der Waals surface area contributed by atoms with E-state index in [0.29, 0.717) is 22.1 Å². The van der Waals surface area contributed by atoms with Crippen LogP contribution in [0.5, 0.6) is 0 Å². The van der Waals surface area contributed by atoms with Gasteiger partial charge in [0.1, 0.15) is 22.9 Å². The number of aromatic nitrogens is 4. The van der Waals surface area contributed by atoms with Crippen molar-refractivity contribution in [2.24, 2.45) is 0 Å². The van der Waals surface area contributed by atoms with E-state index in [9.17, 15) is 13.2 Å². The van der Waals surface area contributed by atoms with Gasteiger partial charge in [-0.2, -0.15) is 18.2 Å². The minimum Gasteiger partial charge on any atom is -0.372 e. The SMILES string of the molecule is CNc1nc(NCC(F)(F)F)nc(C)c1-c1nc2cnccc2s1. The molecule has 24 heavy (non-hydrogen) atoms. The fourth-order valence-electron chi connectivity index (χ4n) is 2.16. The van der Waals surface area contributed by atoms with Crippen LogP contribution in [0.15, 0.2) is 18.5 Å².